The lowest BCUT2D eigenvalue weighted by molar-refractivity contribution is -0.139. The van der Waals surface area contributed by atoms with E-state index in [1.54, 1.807) is 6.20 Å². The highest BCUT2D eigenvalue weighted by atomic mass is 16.4. The number of carboxylic acids is 1. The van der Waals surface area contributed by atoms with Crippen LogP contribution in [0.15, 0.2) is 91.1 Å². The number of fused-ring (bicyclic) bond motifs is 1. The highest BCUT2D eigenvalue weighted by Crippen LogP contribution is 2.20. The number of aliphatic carboxylic acids is 1. The zero-order valence-electron chi connectivity index (χ0n) is 27.3. The fourth-order valence-corrected chi connectivity index (χ4v) is 5.92. The molecule has 7 N–H and O–H groups in total. The van der Waals surface area contributed by atoms with Gasteiger partial charge in [0.05, 0.1) is 18.9 Å². The van der Waals surface area contributed by atoms with Gasteiger partial charge in [0.2, 0.25) is 29.5 Å². The monoisotopic (exact) mass is 680 g/mol. The van der Waals surface area contributed by atoms with E-state index < -0.39 is 78.9 Å². The van der Waals surface area contributed by atoms with Crippen LogP contribution in [0.1, 0.15) is 36.0 Å². The molecule has 13 nitrogen and oxygen atoms in total. The van der Waals surface area contributed by atoms with E-state index in [1.807, 2.05) is 84.9 Å². The van der Waals surface area contributed by atoms with Crippen molar-refractivity contribution in [1.82, 2.24) is 31.6 Å². The van der Waals surface area contributed by atoms with Crippen molar-refractivity contribution in [3.63, 3.8) is 0 Å². The number of nitrogens with one attached hydrogen (secondary N) is 6. The number of para-hydroxylation sites is 1. The van der Waals surface area contributed by atoms with Crippen molar-refractivity contribution in [3.8, 4) is 0 Å². The largest absolute Gasteiger partial charge is 0.481 e. The van der Waals surface area contributed by atoms with E-state index in [0.717, 1.165) is 27.6 Å². The number of amides is 5. The minimum atomic E-state index is -1.38. The maximum atomic E-state index is 14.1. The Balaban J connectivity index is 1.47. The van der Waals surface area contributed by atoms with Gasteiger partial charge in [-0.05, 0) is 29.2 Å². The molecule has 1 saturated heterocycles. The average molecular weight is 681 g/mol. The Labute approximate surface area is 288 Å². The van der Waals surface area contributed by atoms with Crippen molar-refractivity contribution >= 4 is 46.4 Å². The fourth-order valence-electron chi connectivity index (χ4n) is 5.92. The van der Waals surface area contributed by atoms with Gasteiger partial charge < -0.3 is 36.7 Å². The lowest BCUT2D eigenvalue weighted by Gasteiger charge is -2.28. The molecule has 4 aromatic rings. The van der Waals surface area contributed by atoms with Crippen LogP contribution in [0.3, 0.4) is 0 Å². The van der Waals surface area contributed by atoms with Gasteiger partial charge in [-0.2, -0.15) is 0 Å². The minimum Gasteiger partial charge on any atom is -0.481 e. The van der Waals surface area contributed by atoms with Gasteiger partial charge in [-0.3, -0.25) is 28.8 Å². The van der Waals surface area contributed by atoms with Crippen molar-refractivity contribution < 1.29 is 33.9 Å². The Morgan fingerprint density at radius 3 is 2.02 bits per heavy atom. The molecule has 3 aromatic carbocycles. The summed E-state index contributed by atoms with van der Waals surface area (Å²) in [6.07, 6.45) is 0.914. The molecule has 0 bridgehead atoms. The molecule has 13 heteroatoms. The summed E-state index contributed by atoms with van der Waals surface area (Å²) in [7, 11) is 0. The van der Waals surface area contributed by atoms with E-state index in [-0.39, 0.29) is 19.4 Å². The molecule has 260 valence electrons. The van der Waals surface area contributed by atoms with Crippen LogP contribution in [-0.2, 0) is 48.0 Å². The molecule has 0 unspecified atom stereocenters. The predicted molar refractivity (Wildman–Crippen MR) is 185 cm³/mol. The van der Waals surface area contributed by atoms with Crippen LogP contribution < -0.4 is 26.6 Å². The number of aromatic amines is 1. The zero-order valence-corrected chi connectivity index (χ0v) is 27.3. The number of H-pyrrole nitrogens is 1. The van der Waals surface area contributed by atoms with Gasteiger partial charge in [0.25, 0.3) is 0 Å². The smallest absolute Gasteiger partial charge is 0.303 e. The van der Waals surface area contributed by atoms with Crippen LogP contribution >= 0.6 is 0 Å². The van der Waals surface area contributed by atoms with E-state index in [1.165, 1.54) is 0 Å². The summed E-state index contributed by atoms with van der Waals surface area (Å²) in [5.74, 6) is -4.41. The van der Waals surface area contributed by atoms with E-state index in [9.17, 15) is 28.8 Å². The summed E-state index contributed by atoms with van der Waals surface area (Å²) < 4.78 is 0. The molecule has 50 heavy (non-hydrogen) atoms. The molecular formula is C37H40N6O7. The first kappa shape index (κ1) is 35.3. The predicted octanol–water partition coefficient (Wildman–Crippen LogP) is 1.52. The van der Waals surface area contributed by atoms with Gasteiger partial charge in [0.15, 0.2) is 0 Å². The van der Waals surface area contributed by atoms with Crippen LogP contribution in [0.25, 0.3) is 10.9 Å². The maximum Gasteiger partial charge on any atom is 0.303 e. The van der Waals surface area contributed by atoms with Gasteiger partial charge in [-0.15, -0.1) is 0 Å². The molecule has 2 heterocycles. The molecule has 0 radical (unpaired) electrons. The van der Waals surface area contributed by atoms with Crippen LogP contribution in [0.5, 0.6) is 0 Å². The second-order valence-electron chi connectivity index (χ2n) is 12.3. The number of carbonyl (C=O) groups is 6. The normalized spacial score (nSPS) is 20.5. The molecule has 0 spiro atoms. The molecule has 5 rings (SSSR count). The number of carbonyl (C=O) groups excluding carboxylic acids is 5. The van der Waals surface area contributed by atoms with E-state index >= 15 is 0 Å². The number of carboxylic acid groups (broad SMARTS) is 1. The number of aromatic nitrogens is 1. The Morgan fingerprint density at radius 1 is 0.700 bits per heavy atom. The van der Waals surface area contributed by atoms with E-state index in [0.29, 0.717) is 6.42 Å². The highest BCUT2D eigenvalue weighted by Gasteiger charge is 2.32. The summed E-state index contributed by atoms with van der Waals surface area (Å²) in [6.45, 7) is -0.0578. The summed E-state index contributed by atoms with van der Waals surface area (Å²) in [4.78, 5) is 81.9. The Hall–Kier alpha value is -5.98. The first-order chi connectivity index (χ1) is 24.1. The summed E-state index contributed by atoms with van der Waals surface area (Å²) in [5.41, 5.74) is 3.27. The van der Waals surface area contributed by atoms with Crippen LogP contribution in [0, 0.1) is 0 Å². The minimum absolute atomic E-state index is 0.0553. The molecule has 5 amide bonds. The number of benzene rings is 3. The zero-order chi connectivity index (χ0) is 35.5. The molecule has 0 saturated carbocycles. The van der Waals surface area contributed by atoms with Crippen LogP contribution in [-0.4, -0.2) is 76.3 Å². The fraction of sp³-hybridized carbons (Fsp3) is 0.297. The van der Waals surface area contributed by atoms with Crippen molar-refractivity contribution in [2.75, 3.05) is 6.54 Å². The van der Waals surface area contributed by atoms with Gasteiger partial charge in [0, 0.05) is 42.9 Å². The molecule has 1 aliphatic heterocycles. The van der Waals surface area contributed by atoms with Gasteiger partial charge in [-0.25, -0.2) is 0 Å². The lowest BCUT2D eigenvalue weighted by atomic mass is 10.0. The first-order valence-electron chi connectivity index (χ1n) is 16.5. The second kappa shape index (κ2) is 16.9. The number of hydrogen-bond acceptors (Lipinski definition) is 6. The molecule has 4 atom stereocenters. The summed E-state index contributed by atoms with van der Waals surface area (Å²) in [6, 6.07) is 21.8. The van der Waals surface area contributed by atoms with E-state index in [4.69, 9.17) is 5.11 Å². The second-order valence-corrected chi connectivity index (χ2v) is 12.3. The average Bonchev–Trinajstić information content (AvgIpc) is 3.51. The Morgan fingerprint density at radius 2 is 1.32 bits per heavy atom. The van der Waals surface area contributed by atoms with Crippen molar-refractivity contribution in [2.24, 2.45) is 0 Å². The first-order valence-corrected chi connectivity index (χ1v) is 16.5. The number of rotatable bonds is 10. The third kappa shape index (κ3) is 10.0. The van der Waals surface area contributed by atoms with Crippen molar-refractivity contribution in [2.45, 2.75) is 62.7 Å². The van der Waals surface area contributed by atoms with Crippen LogP contribution in [0.2, 0.25) is 0 Å². The van der Waals surface area contributed by atoms with Crippen molar-refractivity contribution in [1.29, 1.82) is 0 Å². The third-order valence-corrected chi connectivity index (χ3v) is 8.47. The number of hydrogen-bond donors (Lipinski definition) is 7. The van der Waals surface area contributed by atoms with Gasteiger partial charge in [0.1, 0.15) is 18.1 Å². The quantitative estimate of drug-likeness (QED) is 0.132. The molecule has 1 fully saturated rings. The highest BCUT2D eigenvalue weighted by molar-refractivity contribution is 5.96. The van der Waals surface area contributed by atoms with Gasteiger partial charge in [-0.1, -0.05) is 78.9 Å². The molecule has 1 aromatic heterocycles. The maximum absolute atomic E-state index is 14.1. The lowest BCUT2D eigenvalue weighted by Crippen LogP contribution is -2.59. The molecule has 0 aliphatic carbocycles. The summed E-state index contributed by atoms with van der Waals surface area (Å²) in [5, 5.41) is 23.7. The standard InChI is InChI=1S/C37H40N6O7/c44-32(15-16-34(46)47)41-31-20-33(45)42-30(19-25-21-38-28-14-8-7-13-27(25)28)37(50)43-29(18-24-11-5-2-6-12-24)36(49)40-26(22-39-35(31)48)17-23-9-3-1-4-10-23/h1-14,21,26,29-31,38H,15-20,22H2,(H,39,48)(H,40,49)(H,41,44)(H,42,45)(H,43,50)(H,46,47)/t26-,29+,30+,31-/m1/s1. The van der Waals surface area contributed by atoms with E-state index in [2.05, 4.69) is 31.6 Å². The van der Waals surface area contributed by atoms with Crippen molar-refractivity contribution in [3.05, 3.63) is 108 Å². The SMILES string of the molecule is O=C(O)CCC(=O)N[C@@H]1CC(=O)N[C@@H](Cc2c[nH]c3ccccc23)C(=O)N[C@@H](Cc2ccccc2)C(=O)N[C@H](Cc2ccccc2)CNC1=O. The molecular weight excluding hydrogens is 640 g/mol. The van der Waals surface area contributed by atoms with Gasteiger partial charge >= 0.3 is 5.97 Å². The van der Waals surface area contributed by atoms with Crippen LogP contribution in [0.4, 0.5) is 0 Å². The Kier molecular flexibility index (Phi) is 11.9. The third-order valence-electron chi connectivity index (χ3n) is 8.47. The summed E-state index contributed by atoms with van der Waals surface area (Å²) >= 11 is 0. The molecule has 1 aliphatic rings. The Bertz CT molecular complexity index is 1830. The topological polar surface area (TPSA) is 199 Å².